The number of pyridine rings is 1. The standard InChI is InChI=1S/C26H28N4O7S/c1-16(2)12-19(28-26(33)37-23-13-17-6-3-4-8-22(17)36-23)25(32)29-11-9-20-24(29)21(31)15-30(20)38(34,35)18-7-5-10-27-14-18/h3-8,10,13-14,16,19-20,24H,9,11-12,15H2,1-2H3,(H,28,33). The maximum absolute atomic E-state index is 13.6. The number of ether oxygens (including phenoxy) is 1. The lowest BCUT2D eigenvalue weighted by atomic mass is 10.0. The summed E-state index contributed by atoms with van der Waals surface area (Å²) in [5.41, 5.74) is 0.554. The van der Waals surface area contributed by atoms with Gasteiger partial charge in [-0.3, -0.25) is 14.6 Å². The highest BCUT2D eigenvalue weighted by Gasteiger charge is 2.54. The number of likely N-dealkylation sites (tertiary alicyclic amines) is 1. The second kappa shape index (κ2) is 10.2. The van der Waals surface area contributed by atoms with Gasteiger partial charge in [-0.2, -0.15) is 4.31 Å². The number of rotatable bonds is 7. The minimum absolute atomic E-state index is 0.00842. The maximum atomic E-state index is 13.6. The fourth-order valence-corrected chi connectivity index (χ4v) is 6.73. The molecule has 0 bridgehead atoms. The monoisotopic (exact) mass is 540 g/mol. The van der Waals surface area contributed by atoms with Crippen LogP contribution in [0.15, 0.2) is 64.2 Å². The van der Waals surface area contributed by atoms with Gasteiger partial charge in [0.1, 0.15) is 22.6 Å². The van der Waals surface area contributed by atoms with E-state index in [9.17, 15) is 22.8 Å². The van der Waals surface area contributed by atoms with Gasteiger partial charge in [0.2, 0.25) is 15.9 Å². The first kappa shape index (κ1) is 25.9. The van der Waals surface area contributed by atoms with Crippen LogP contribution < -0.4 is 10.1 Å². The summed E-state index contributed by atoms with van der Waals surface area (Å²) < 4.78 is 38.4. The van der Waals surface area contributed by atoms with Crippen molar-refractivity contribution in [1.82, 2.24) is 19.5 Å². The maximum Gasteiger partial charge on any atom is 0.415 e. The van der Waals surface area contributed by atoms with Crippen LogP contribution in [0.5, 0.6) is 5.95 Å². The second-order valence-corrected chi connectivity index (χ2v) is 11.7. The van der Waals surface area contributed by atoms with Crippen LogP contribution in [0.1, 0.15) is 26.7 Å². The van der Waals surface area contributed by atoms with Gasteiger partial charge in [0.15, 0.2) is 5.78 Å². The van der Waals surface area contributed by atoms with E-state index in [1.54, 1.807) is 18.2 Å². The molecule has 1 aromatic carbocycles. The average Bonchev–Trinajstić information content (AvgIpc) is 3.58. The highest BCUT2D eigenvalue weighted by Crippen LogP contribution is 2.34. The summed E-state index contributed by atoms with van der Waals surface area (Å²) in [5.74, 6) is -0.790. The second-order valence-electron chi connectivity index (χ2n) is 9.86. The lowest BCUT2D eigenvalue weighted by molar-refractivity contribution is -0.138. The highest BCUT2D eigenvalue weighted by molar-refractivity contribution is 7.89. The summed E-state index contributed by atoms with van der Waals surface area (Å²) in [7, 11) is -3.97. The number of fused-ring (bicyclic) bond motifs is 2. The third-order valence-corrected chi connectivity index (χ3v) is 8.65. The number of carbonyl (C=O) groups is 3. The Hall–Kier alpha value is -3.77. The van der Waals surface area contributed by atoms with Gasteiger partial charge < -0.3 is 19.4 Å². The van der Waals surface area contributed by atoms with Crippen molar-refractivity contribution in [2.75, 3.05) is 13.1 Å². The first-order valence-electron chi connectivity index (χ1n) is 12.4. The number of nitrogens with zero attached hydrogens (tertiary/aromatic N) is 3. The number of sulfonamides is 1. The molecule has 2 fully saturated rings. The van der Waals surface area contributed by atoms with Crippen LogP contribution in [-0.4, -0.2) is 71.6 Å². The summed E-state index contributed by atoms with van der Waals surface area (Å²) in [6, 6.07) is 9.12. The molecule has 0 radical (unpaired) electrons. The zero-order valence-electron chi connectivity index (χ0n) is 20.9. The van der Waals surface area contributed by atoms with E-state index in [0.29, 0.717) is 18.4 Å². The Morgan fingerprint density at radius 3 is 2.71 bits per heavy atom. The van der Waals surface area contributed by atoms with Crippen molar-refractivity contribution in [3.8, 4) is 5.95 Å². The molecule has 0 aliphatic carbocycles. The molecule has 1 N–H and O–H groups in total. The molecule has 2 aliphatic rings. The van der Waals surface area contributed by atoms with Gasteiger partial charge >= 0.3 is 6.09 Å². The SMILES string of the molecule is CC(C)CC(NC(=O)Oc1cc2ccccc2o1)C(=O)N1CCC2C1C(=O)CN2S(=O)(=O)c1cccnc1. The number of aromatic nitrogens is 1. The number of ketones is 1. The van der Waals surface area contributed by atoms with Gasteiger partial charge in [0.05, 0.1) is 12.6 Å². The smallest absolute Gasteiger partial charge is 0.415 e. The molecule has 2 aromatic heterocycles. The fourth-order valence-electron chi connectivity index (χ4n) is 5.14. The topological polar surface area (TPSA) is 139 Å². The van der Waals surface area contributed by atoms with Crippen molar-refractivity contribution < 1.29 is 32.0 Å². The van der Waals surface area contributed by atoms with Gasteiger partial charge in [-0.15, -0.1) is 0 Å². The number of furan rings is 1. The van der Waals surface area contributed by atoms with E-state index >= 15 is 0 Å². The summed E-state index contributed by atoms with van der Waals surface area (Å²) in [5, 5.41) is 3.38. The summed E-state index contributed by atoms with van der Waals surface area (Å²) in [6.45, 7) is 3.67. The molecular weight excluding hydrogens is 512 g/mol. The Labute approximate surface area is 219 Å². The van der Waals surface area contributed by atoms with Gasteiger partial charge in [0, 0.05) is 30.4 Å². The normalized spacial score (nSPS) is 20.6. The first-order chi connectivity index (χ1) is 18.1. The molecule has 5 rings (SSSR count). The molecule has 11 nitrogen and oxygen atoms in total. The molecule has 3 aromatic rings. The number of amides is 2. The van der Waals surface area contributed by atoms with E-state index < -0.39 is 40.1 Å². The Bertz CT molecular complexity index is 1440. The number of carbonyl (C=O) groups excluding carboxylic acids is 3. The van der Waals surface area contributed by atoms with Crippen LogP contribution in [0.2, 0.25) is 0 Å². The van der Waals surface area contributed by atoms with Gasteiger partial charge in [-0.25, -0.2) is 13.2 Å². The molecule has 4 heterocycles. The number of hydrogen-bond acceptors (Lipinski definition) is 8. The van der Waals surface area contributed by atoms with Crippen LogP contribution >= 0.6 is 0 Å². The molecule has 3 atom stereocenters. The summed E-state index contributed by atoms with van der Waals surface area (Å²) >= 11 is 0. The summed E-state index contributed by atoms with van der Waals surface area (Å²) in [4.78, 5) is 44.6. The number of hydrogen-bond donors (Lipinski definition) is 1. The molecule has 0 spiro atoms. The molecule has 2 aliphatic heterocycles. The molecular formula is C26H28N4O7S. The lowest BCUT2D eigenvalue weighted by Gasteiger charge is -2.28. The number of benzene rings is 1. The predicted molar refractivity (Wildman–Crippen MR) is 136 cm³/mol. The Balaban J connectivity index is 1.31. The van der Waals surface area contributed by atoms with Crippen molar-refractivity contribution in [3.05, 3.63) is 54.9 Å². The lowest BCUT2D eigenvalue weighted by Crippen LogP contribution is -2.53. The Morgan fingerprint density at radius 1 is 1.21 bits per heavy atom. The van der Waals surface area contributed by atoms with E-state index in [2.05, 4.69) is 10.3 Å². The van der Waals surface area contributed by atoms with Crippen molar-refractivity contribution in [3.63, 3.8) is 0 Å². The van der Waals surface area contributed by atoms with E-state index in [0.717, 1.165) is 9.69 Å². The third-order valence-electron chi connectivity index (χ3n) is 6.80. The molecule has 0 saturated carbocycles. The predicted octanol–water partition coefficient (Wildman–Crippen LogP) is 2.57. The van der Waals surface area contributed by atoms with Crippen molar-refractivity contribution in [1.29, 1.82) is 0 Å². The molecule has 2 saturated heterocycles. The molecule has 3 unspecified atom stereocenters. The fraction of sp³-hybridized carbons (Fsp3) is 0.385. The molecule has 12 heteroatoms. The summed E-state index contributed by atoms with van der Waals surface area (Å²) in [6.07, 6.45) is 2.44. The number of nitrogens with one attached hydrogen (secondary N) is 1. The van der Waals surface area contributed by atoms with Gasteiger partial charge in [0.25, 0.3) is 5.95 Å². The largest absolute Gasteiger partial charge is 0.425 e. The quantitative estimate of drug-likeness (QED) is 0.482. The van der Waals surface area contributed by atoms with Crippen molar-refractivity contribution in [2.24, 2.45) is 5.92 Å². The molecule has 200 valence electrons. The van der Waals surface area contributed by atoms with Crippen LogP contribution in [-0.2, 0) is 19.6 Å². The van der Waals surface area contributed by atoms with Gasteiger partial charge in [-0.1, -0.05) is 32.0 Å². The van der Waals surface area contributed by atoms with Crippen LogP contribution in [0.3, 0.4) is 0 Å². The number of para-hydroxylation sites is 1. The van der Waals surface area contributed by atoms with Gasteiger partial charge in [-0.05, 0) is 37.0 Å². The van der Waals surface area contributed by atoms with Crippen LogP contribution in [0.4, 0.5) is 4.79 Å². The first-order valence-corrected chi connectivity index (χ1v) is 13.8. The van der Waals surface area contributed by atoms with E-state index in [1.165, 1.54) is 29.4 Å². The Kier molecular flexibility index (Phi) is 6.93. The molecule has 38 heavy (non-hydrogen) atoms. The minimum Gasteiger partial charge on any atom is -0.425 e. The molecule has 2 amide bonds. The van der Waals surface area contributed by atoms with E-state index in [-0.39, 0.29) is 35.6 Å². The van der Waals surface area contributed by atoms with Crippen LogP contribution in [0.25, 0.3) is 11.0 Å². The zero-order valence-corrected chi connectivity index (χ0v) is 21.8. The van der Waals surface area contributed by atoms with Crippen molar-refractivity contribution in [2.45, 2.75) is 49.7 Å². The minimum atomic E-state index is -3.97. The van der Waals surface area contributed by atoms with E-state index in [4.69, 9.17) is 9.15 Å². The highest BCUT2D eigenvalue weighted by atomic mass is 32.2. The average molecular weight is 541 g/mol. The number of Topliss-reactive ketones (excluding diaryl/α,β-unsaturated/α-hetero) is 1. The Morgan fingerprint density at radius 2 is 2.00 bits per heavy atom. The van der Waals surface area contributed by atoms with Crippen molar-refractivity contribution >= 4 is 38.8 Å². The van der Waals surface area contributed by atoms with E-state index in [1.807, 2.05) is 26.0 Å². The third kappa shape index (κ3) is 4.88. The zero-order chi connectivity index (χ0) is 27.0. The van der Waals surface area contributed by atoms with Crippen LogP contribution in [0, 0.1) is 5.92 Å².